The van der Waals surface area contributed by atoms with Crippen LogP contribution in [0.25, 0.3) is 0 Å². The zero-order chi connectivity index (χ0) is 8.43. The van der Waals surface area contributed by atoms with Gasteiger partial charge in [-0.3, -0.25) is 4.79 Å². The quantitative estimate of drug-likeness (QED) is 0.594. The molecule has 1 aromatic rings. The lowest BCUT2D eigenvalue weighted by Gasteiger charge is -2.04. The minimum atomic E-state index is 0.674. The van der Waals surface area contributed by atoms with Crippen molar-refractivity contribution >= 4 is 6.29 Å². The molecule has 1 radical (unpaired) electrons. The molecule has 0 unspecified atom stereocenters. The molecule has 0 aliphatic heterocycles. The number of carbonyl (C=O) groups excluding carboxylic acids is 1. The molecule has 0 fully saturated rings. The van der Waals surface area contributed by atoms with E-state index in [1.165, 1.54) is 11.1 Å². The number of benzene rings is 1. The first-order chi connectivity index (χ1) is 5.16. The molecular weight excluding hydrogens is 136 g/mol. The first kappa shape index (κ1) is 7.99. The van der Waals surface area contributed by atoms with Crippen LogP contribution < -0.4 is 0 Å². The molecule has 0 amide bonds. The molecule has 0 bridgehead atoms. The Morgan fingerprint density at radius 1 is 1.09 bits per heavy atom. The van der Waals surface area contributed by atoms with Crippen LogP contribution in [0.2, 0.25) is 0 Å². The summed E-state index contributed by atoms with van der Waals surface area (Å²) in [6.45, 7) is 6.00. The van der Waals surface area contributed by atoms with Crippen molar-refractivity contribution < 1.29 is 4.79 Å². The molecule has 0 atom stereocenters. The Kier molecular flexibility index (Phi) is 2.08. The van der Waals surface area contributed by atoms with E-state index in [1.54, 1.807) is 0 Å². The van der Waals surface area contributed by atoms with Crippen LogP contribution in [0.15, 0.2) is 12.1 Å². The predicted molar refractivity (Wildman–Crippen MR) is 45.4 cm³/mol. The smallest absolute Gasteiger partial charge is 0.233 e. The van der Waals surface area contributed by atoms with Crippen LogP contribution in [-0.4, -0.2) is 6.29 Å². The molecule has 1 heteroatoms. The van der Waals surface area contributed by atoms with Crippen molar-refractivity contribution in [2.45, 2.75) is 20.8 Å². The van der Waals surface area contributed by atoms with E-state index in [0.29, 0.717) is 5.56 Å². The lowest BCUT2D eigenvalue weighted by Crippen LogP contribution is -1.92. The van der Waals surface area contributed by atoms with E-state index < -0.39 is 0 Å². The average molecular weight is 147 g/mol. The Balaban J connectivity index is 3.36. The SMILES string of the molecule is Cc1ccc([C]=O)c(C)c1C. The Bertz CT molecular complexity index is 287. The summed E-state index contributed by atoms with van der Waals surface area (Å²) >= 11 is 0. The van der Waals surface area contributed by atoms with Gasteiger partial charge in [-0.05, 0) is 37.5 Å². The molecular formula is C10H11O. The summed E-state index contributed by atoms with van der Waals surface area (Å²) in [6.07, 6.45) is 1.91. The van der Waals surface area contributed by atoms with E-state index in [0.717, 1.165) is 5.56 Å². The van der Waals surface area contributed by atoms with Crippen molar-refractivity contribution in [2.24, 2.45) is 0 Å². The molecule has 1 rings (SSSR count). The monoisotopic (exact) mass is 147 g/mol. The third-order valence-electron chi connectivity index (χ3n) is 2.17. The van der Waals surface area contributed by atoms with Crippen LogP contribution in [0, 0.1) is 20.8 Å². The molecule has 0 aromatic heterocycles. The molecule has 0 heterocycles. The van der Waals surface area contributed by atoms with Crippen LogP contribution in [0.4, 0.5) is 0 Å². The number of rotatable bonds is 1. The zero-order valence-corrected chi connectivity index (χ0v) is 7.06. The summed E-state index contributed by atoms with van der Waals surface area (Å²) in [4.78, 5) is 10.4. The Morgan fingerprint density at radius 2 is 1.73 bits per heavy atom. The minimum absolute atomic E-state index is 0.674. The summed E-state index contributed by atoms with van der Waals surface area (Å²) in [5.74, 6) is 0. The van der Waals surface area contributed by atoms with Gasteiger partial charge < -0.3 is 0 Å². The van der Waals surface area contributed by atoms with Crippen LogP contribution in [0.3, 0.4) is 0 Å². The third kappa shape index (κ3) is 1.32. The van der Waals surface area contributed by atoms with Crippen LogP contribution in [0.5, 0.6) is 0 Å². The summed E-state index contributed by atoms with van der Waals surface area (Å²) < 4.78 is 0. The second-order valence-electron chi connectivity index (χ2n) is 2.78. The Hall–Kier alpha value is -1.11. The van der Waals surface area contributed by atoms with Crippen molar-refractivity contribution in [3.8, 4) is 0 Å². The van der Waals surface area contributed by atoms with Crippen molar-refractivity contribution in [3.63, 3.8) is 0 Å². The first-order valence-corrected chi connectivity index (χ1v) is 3.61. The average Bonchev–Trinajstić information content (AvgIpc) is 2.01. The van der Waals surface area contributed by atoms with Crippen LogP contribution in [-0.2, 0) is 4.79 Å². The van der Waals surface area contributed by atoms with E-state index in [-0.39, 0.29) is 0 Å². The molecule has 0 saturated heterocycles. The van der Waals surface area contributed by atoms with Gasteiger partial charge in [0.05, 0.1) is 0 Å². The molecule has 1 aromatic carbocycles. The van der Waals surface area contributed by atoms with Gasteiger partial charge in [-0.25, -0.2) is 0 Å². The van der Waals surface area contributed by atoms with Gasteiger partial charge in [0.25, 0.3) is 0 Å². The summed E-state index contributed by atoms with van der Waals surface area (Å²) in [6, 6.07) is 3.76. The highest BCUT2D eigenvalue weighted by molar-refractivity contribution is 5.78. The van der Waals surface area contributed by atoms with Gasteiger partial charge in [-0.1, -0.05) is 12.1 Å². The molecule has 0 N–H and O–H groups in total. The van der Waals surface area contributed by atoms with E-state index in [9.17, 15) is 4.79 Å². The molecule has 0 saturated carbocycles. The largest absolute Gasteiger partial charge is 0.285 e. The van der Waals surface area contributed by atoms with E-state index >= 15 is 0 Å². The molecule has 0 aliphatic carbocycles. The maximum Gasteiger partial charge on any atom is 0.233 e. The standard InChI is InChI=1S/C10H11O/c1-7-4-5-10(6-11)9(3)8(7)2/h4-5H,1-3H3. The van der Waals surface area contributed by atoms with Crippen molar-refractivity contribution in [1.82, 2.24) is 0 Å². The lowest BCUT2D eigenvalue weighted by molar-refractivity contribution is 0.562. The van der Waals surface area contributed by atoms with Crippen LogP contribution >= 0.6 is 0 Å². The Labute approximate surface area is 67.1 Å². The van der Waals surface area contributed by atoms with Crippen molar-refractivity contribution in [1.29, 1.82) is 0 Å². The summed E-state index contributed by atoms with van der Waals surface area (Å²) in [5.41, 5.74) is 4.13. The topological polar surface area (TPSA) is 17.1 Å². The van der Waals surface area contributed by atoms with Gasteiger partial charge >= 0.3 is 0 Å². The fourth-order valence-electron chi connectivity index (χ4n) is 1.07. The highest BCUT2D eigenvalue weighted by Gasteiger charge is 2.01. The second-order valence-corrected chi connectivity index (χ2v) is 2.78. The van der Waals surface area contributed by atoms with Crippen molar-refractivity contribution in [2.75, 3.05) is 0 Å². The molecule has 1 nitrogen and oxygen atoms in total. The minimum Gasteiger partial charge on any atom is -0.285 e. The lowest BCUT2D eigenvalue weighted by atomic mass is 10.00. The molecule has 57 valence electrons. The van der Waals surface area contributed by atoms with Gasteiger partial charge in [0, 0.05) is 5.56 Å². The zero-order valence-electron chi connectivity index (χ0n) is 7.06. The van der Waals surface area contributed by atoms with Crippen LogP contribution in [0.1, 0.15) is 22.3 Å². The highest BCUT2D eigenvalue weighted by atomic mass is 16.1. The summed E-state index contributed by atoms with van der Waals surface area (Å²) in [7, 11) is 0. The Morgan fingerprint density at radius 3 is 2.27 bits per heavy atom. The fraction of sp³-hybridized carbons (Fsp3) is 0.300. The van der Waals surface area contributed by atoms with E-state index in [2.05, 4.69) is 0 Å². The predicted octanol–water partition coefficient (Wildman–Crippen LogP) is 2.07. The molecule has 0 aliphatic rings. The first-order valence-electron chi connectivity index (χ1n) is 3.61. The highest BCUT2D eigenvalue weighted by Crippen LogP contribution is 2.14. The third-order valence-corrected chi connectivity index (χ3v) is 2.17. The van der Waals surface area contributed by atoms with Gasteiger partial charge in [-0.15, -0.1) is 0 Å². The molecule has 11 heavy (non-hydrogen) atoms. The second kappa shape index (κ2) is 2.87. The van der Waals surface area contributed by atoms with Gasteiger partial charge in [0.15, 0.2) is 0 Å². The van der Waals surface area contributed by atoms with Crippen molar-refractivity contribution in [3.05, 3.63) is 34.4 Å². The number of hydrogen-bond donors (Lipinski definition) is 0. The number of hydrogen-bond acceptors (Lipinski definition) is 1. The maximum atomic E-state index is 10.4. The maximum absolute atomic E-state index is 10.4. The summed E-state index contributed by atoms with van der Waals surface area (Å²) in [5, 5.41) is 0. The van der Waals surface area contributed by atoms with Gasteiger partial charge in [0.1, 0.15) is 0 Å². The fourth-order valence-corrected chi connectivity index (χ4v) is 1.07. The van der Waals surface area contributed by atoms with E-state index in [4.69, 9.17) is 0 Å². The van der Waals surface area contributed by atoms with E-state index in [1.807, 2.05) is 39.2 Å². The number of aryl methyl sites for hydroxylation is 1. The van der Waals surface area contributed by atoms with Gasteiger partial charge in [-0.2, -0.15) is 0 Å². The normalized spacial score (nSPS) is 9.73. The molecule has 0 spiro atoms. The van der Waals surface area contributed by atoms with Gasteiger partial charge in [0.2, 0.25) is 6.29 Å².